The third-order valence-electron chi connectivity index (χ3n) is 3.10. The SMILES string of the molecule is C[N+](C)(C)CC(O)(C(=O)[O-])C1CCCC1.N.N.O=P([O-])([O-])O.[Pt+2]. The topological polar surface area (TPSA) is 214 Å². The van der Waals surface area contributed by atoms with Gasteiger partial charge >= 0.3 is 21.1 Å². The molecule has 0 amide bonds. The van der Waals surface area contributed by atoms with E-state index < -0.39 is 19.4 Å². The first kappa shape index (κ1) is 30.9. The number of carboxylic acid groups (broad SMARTS) is 1. The van der Waals surface area contributed by atoms with E-state index in [4.69, 9.17) is 19.2 Å². The van der Waals surface area contributed by atoms with Crippen LogP contribution >= 0.6 is 7.82 Å². The maximum Gasteiger partial charge on any atom is 2.00 e. The van der Waals surface area contributed by atoms with Crippen molar-refractivity contribution >= 4 is 13.8 Å². The van der Waals surface area contributed by atoms with E-state index in [2.05, 4.69) is 0 Å². The number of carbonyl (C=O) groups is 1. The van der Waals surface area contributed by atoms with Gasteiger partial charge in [0, 0.05) is 0 Å². The van der Waals surface area contributed by atoms with Crippen LogP contribution < -0.4 is 27.2 Å². The molecule has 0 aromatic rings. The molecule has 1 saturated carbocycles. The maximum absolute atomic E-state index is 11.1. The predicted molar refractivity (Wildman–Crippen MR) is 74.7 cm³/mol. The smallest absolute Gasteiger partial charge is 0.790 e. The van der Waals surface area contributed by atoms with Gasteiger partial charge in [-0.1, -0.05) is 12.8 Å². The molecule has 1 aliphatic carbocycles. The Morgan fingerprint density at radius 3 is 1.74 bits per heavy atom. The molecule has 0 aromatic carbocycles. The van der Waals surface area contributed by atoms with Gasteiger partial charge < -0.3 is 51.0 Å². The van der Waals surface area contributed by atoms with Crippen LogP contribution in [0.1, 0.15) is 25.7 Å². The van der Waals surface area contributed by atoms with E-state index in [1.165, 1.54) is 0 Å². The Bertz CT molecular complexity index is 374. The van der Waals surface area contributed by atoms with Crippen molar-refractivity contribution in [3.8, 4) is 0 Å². The Hall–Kier alpha value is 0.108. The van der Waals surface area contributed by atoms with Crippen molar-refractivity contribution in [3.63, 3.8) is 0 Å². The summed E-state index contributed by atoms with van der Waals surface area (Å²) in [5.74, 6) is -1.46. The van der Waals surface area contributed by atoms with Crippen molar-refractivity contribution in [1.29, 1.82) is 0 Å². The van der Waals surface area contributed by atoms with E-state index >= 15 is 0 Å². The van der Waals surface area contributed by atoms with Crippen LogP contribution in [0.5, 0.6) is 0 Å². The molecule has 12 heteroatoms. The van der Waals surface area contributed by atoms with Gasteiger partial charge in [-0.3, -0.25) is 0 Å². The minimum absolute atomic E-state index is 0. The van der Waals surface area contributed by atoms with Crippen molar-refractivity contribution in [3.05, 3.63) is 0 Å². The number of likely N-dealkylation sites (N-methyl/N-ethyl adjacent to an activating group) is 1. The molecule has 1 unspecified atom stereocenters. The van der Waals surface area contributed by atoms with Crippen molar-refractivity contribution < 1.29 is 59.8 Å². The van der Waals surface area contributed by atoms with Crippen LogP contribution in [0.2, 0.25) is 0 Å². The van der Waals surface area contributed by atoms with Crippen LogP contribution in [0, 0.1) is 5.92 Å². The van der Waals surface area contributed by atoms with Gasteiger partial charge in [-0.2, -0.15) is 0 Å². The Kier molecular flexibility index (Phi) is 15.6. The van der Waals surface area contributed by atoms with E-state index in [1.807, 2.05) is 21.1 Å². The third-order valence-corrected chi connectivity index (χ3v) is 3.10. The van der Waals surface area contributed by atoms with Crippen molar-refractivity contribution in [2.24, 2.45) is 5.92 Å². The number of aliphatic hydroxyl groups is 1. The van der Waals surface area contributed by atoms with E-state index in [9.17, 15) is 15.0 Å². The van der Waals surface area contributed by atoms with E-state index in [0.29, 0.717) is 4.48 Å². The van der Waals surface area contributed by atoms with Crippen LogP contribution in [0.25, 0.3) is 0 Å². The fourth-order valence-corrected chi connectivity index (χ4v) is 2.49. The molecular formula is C11H28N3O7PPt. The normalized spacial score (nSPS) is 17.3. The first-order valence-corrected chi connectivity index (χ1v) is 7.74. The summed E-state index contributed by atoms with van der Waals surface area (Å²) in [4.78, 5) is 35.4. The molecular weight excluding hydrogens is 512 g/mol. The Morgan fingerprint density at radius 2 is 1.52 bits per heavy atom. The molecule has 8 N–H and O–H groups in total. The van der Waals surface area contributed by atoms with Crippen LogP contribution in [-0.4, -0.2) is 53.7 Å². The molecule has 23 heavy (non-hydrogen) atoms. The van der Waals surface area contributed by atoms with Gasteiger partial charge in [0.25, 0.3) is 0 Å². The molecule has 0 radical (unpaired) electrons. The van der Waals surface area contributed by atoms with Gasteiger partial charge in [0.05, 0.1) is 34.9 Å². The Morgan fingerprint density at radius 1 is 1.22 bits per heavy atom. The number of carboxylic acids is 1. The van der Waals surface area contributed by atoms with Crippen LogP contribution in [0.4, 0.5) is 0 Å². The molecule has 10 nitrogen and oxygen atoms in total. The zero-order chi connectivity index (χ0) is 16.2. The predicted octanol–water partition coefficient (Wildman–Crippen LogP) is -2.51. The Labute approximate surface area is 151 Å². The number of hydrogen-bond donors (Lipinski definition) is 4. The molecule has 0 saturated heterocycles. The summed E-state index contributed by atoms with van der Waals surface area (Å²) in [6.07, 6.45) is 3.61. The van der Waals surface area contributed by atoms with E-state index in [0.717, 1.165) is 25.7 Å². The molecule has 1 fully saturated rings. The number of rotatable bonds is 4. The van der Waals surface area contributed by atoms with Crippen LogP contribution in [0.15, 0.2) is 0 Å². The minimum atomic E-state index is -5.14. The number of phosphoric acid groups is 1. The quantitative estimate of drug-likeness (QED) is 0.219. The molecule has 0 spiro atoms. The summed E-state index contributed by atoms with van der Waals surface area (Å²) < 4.78 is 9.09. The fraction of sp³-hybridized carbons (Fsp3) is 0.909. The Balaban J connectivity index is -0.000000199. The molecule has 0 aromatic heterocycles. The molecule has 0 aliphatic heterocycles. The van der Waals surface area contributed by atoms with E-state index in [1.54, 1.807) is 0 Å². The number of aliphatic carboxylic acids is 1. The number of carbonyl (C=O) groups excluding carboxylic acids is 1. The van der Waals surface area contributed by atoms with Gasteiger partial charge in [-0.05, 0) is 18.8 Å². The zero-order valence-electron chi connectivity index (χ0n) is 13.7. The fourth-order valence-electron chi connectivity index (χ4n) is 2.49. The summed E-state index contributed by atoms with van der Waals surface area (Å²) in [7, 11) is 0.495. The maximum atomic E-state index is 11.1. The van der Waals surface area contributed by atoms with Crippen molar-refractivity contribution in [2.75, 3.05) is 27.7 Å². The second-order valence-corrected chi connectivity index (χ2v) is 7.05. The number of hydrogen-bond acceptors (Lipinski definition) is 8. The van der Waals surface area contributed by atoms with E-state index in [-0.39, 0.29) is 45.8 Å². The molecule has 1 rings (SSSR count). The number of quaternary nitrogens is 1. The zero-order valence-corrected chi connectivity index (χ0v) is 16.8. The van der Waals surface area contributed by atoms with Gasteiger partial charge in [0.15, 0.2) is 5.60 Å². The summed E-state index contributed by atoms with van der Waals surface area (Å²) in [6, 6.07) is 0. The van der Waals surface area contributed by atoms with Gasteiger partial charge in [-0.25, -0.2) is 0 Å². The van der Waals surface area contributed by atoms with Gasteiger partial charge in [0.1, 0.15) is 6.54 Å². The third kappa shape index (κ3) is 14.2. The van der Waals surface area contributed by atoms with Crippen LogP contribution in [-0.2, 0) is 30.4 Å². The molecule has 1 aliphatic rings. The first-order chi connectivity index (χ1) is 8.76. The van der Waals surface area contributed by atoms with Crippen LogP contribution in [0.3, 0.4) is 0 Å². The summed E-state index contributed by atoms with van der Waals surface area (Å²) in [6.45, 7) is 0.208. The second-order valence-electron chi connectivity index (χ2n) is 6.11. The summed E-state index contributed by atoms with van der Waals surface area (Å²) in [5.41, 5.74) is -1.66. The molecule has 1 atom stereocenters. The molecule has 144 valence electrons. The largest absolute Gasteiger partial charge is 2.00 e. The molecule has 0 heterocycles. The second kappa shape index (κ2) is 11.6. The minimum Gasteiger partial charge on any atom is -0.790 e. The summed E-state index contributed by atoms with van der Waals surface area (Å²) >= 11 is 0. The average Bonchev–Trinajstić information content (AvgIpc) is 2.63. The van der Waals surface area contributed by atoms with Crippen molar-refractivity contribution in [2.45, 2.75) is 31.3 Å². The summed E-state index contributed by atoms with van der Waals surface area (Å²) in [5, 5.41) is 21.4. The van der Waals surface area contributed by atoms with Gasteiger partial charge in [-0.15, -0.1) is 0 Å². The monoisotopic (exact) mass is 540 g/mol. The average molecular weight is 540 g/mol. The van der Waals surface area contributed by atoms with Gasteiger partial charge in [0.2, 0.25) is 0 Å². The standard InChI is InChI=1S/C11H21NO3.2H3N.H3O4P.Pt/c1-12(2,3)8-11(15,10(13)14)9-6-4-5-7-9;;;1-5(2,3)4;/h9,15H,4-8H2,1-3H3;2*1H3;(H3,1,2,3,4);/q;;;;+2/p-2. The first-order valence-electron chi connectivity index (χ1n) is 6.25. The number of nitrogens with zero attached hydrogens (tertiary/aromatic N) is 1. The van der Waals surface area contributed by atoms with Crippen molar-refractivity contribution in [1.82, 2.24) is 12.3 Å². The molecule has 0 bridgehead atoms.